The number of hydrogen-bond acceptors (Lipinski definition) is 3. The van der Waals surface area contributed by atoms with Crippen LogP contribution in [0.1, 0.15) is 5.56 Å². The summed E-state index contributed by atoms with van der Waals surface area (Å²) in [6.07, 6.45) is 0. The molecule has 1 aromatic heterocycles. The Kier molecular flexibility index (Phi) is 4.27. The number of nitrogens with one attached hydrogen (secondary N) is 1. The van der Waals surface area contributed by atoms with Gasteiger partial charge in [0.25, 0.3) is 5.91 Å². The van der Waals surface area contributed by atoms with Gasteiger partial charge in [-0.25, -0.2) is 4.39 Å². The summed E-state index contributed by atoms with van der Waals surface area (Å²) in [4.78, 5) is 12.0. The van der Waals surface area contributed by atoms with Gasteiger partial charge in [0.1, 0.15) is 22.7 Å². The summed E-state index contributed by atoms with van der Waals surface area (Å²) in [5, 5.41) is 4.70. The van der Waals surface area contributed by atoms with Crippen LogP contribution in [0.25, 0.3) is 21.9 Å². The van der Waals surface area contributed by atoms with Crippen LogP contribution >= 0.6 is 0 Å². The Balaban J connectivity index is 1.40. The van der Waals surface area contributed by atoms with Crippen LogP contribution in [-0.4, -0.2) is 12.5 Å². The Morgan fingerprint density at radius 1 is 0.962 bits per heavy atom. The maximum Gasteiger partial charge on any atom is 0.258 e. The molecule has 4 rings (SSSR count). The number of para-hydroxylation sites is 1. The predicted octanol–water partition coefficient (Wildman–Crippen LogP) is 4.42. The summed E-state index contributed by atoms with van der Waals surface area (Å²) >= 11 is 0. The minimum atomic E-state index is -0.300. The molecular formula is C21H16FNO3. The van der Waals surface area contributed by atoms with Gasteiger partial charge in [0, 0.05) is 17.3 Å². The van der Waals surface area contributed by atoms with Crippen LogP contribution in [-0.2, 0) is 11.3 Å². The highest BCUT2D eigenvalue weighted by Crippen LogP contribution is 2.31. The van der Waals surface area contributed by atoms with E-state index in [-0.39, 0.29) is 18.3 Å². The second-order valence-corrected chi connectivity index (χ2v) is 5.95. The number of hydrogen-bond donors (Lipinski definition) is 1. The molecule has 0 aliphatic heterocycles. The van der Waals surface area contributed by atoms with Crippen molar-refractivity contribution in [2.45, 2.75) is 6.54 Å². The number of carbonyl (C=O) groups is 1. The van der Waals surface area contributed by atoms with Gasteiger partial charge in [0.15, 0.2) is 6.61 Å². The van der Waals surface area contributed by atoms with Crippen molar-refractivity contribution in [3.63, 3.8) is 0 Å². The molecule has 0 atom stereocenters. The molecule has 3 aromatic carbocycles. The lowest BCUT2D eigenvalue weighted by Gasteiger charge is -2.08. The highest BCUT2D eigenvalue weighted by atomic mass is 19.1. The Bertz CT molecular complexity index is 1070. The smallest absolute Gasteiger partial charge is 0.258 e. The average molecular weight is 349 g/mol. The summed E-state index contributed by atoms with van der Waals surface area (Å²) in [6.45, 7) is 0.233. The van der Waals surface area contributed by atoms with Crippen molar-refractivity contribution in [2.75, 3.05) is 6.61 Å². The van der Waals surface area contributed by atoms with Crippen molar-refractivity contribution in [2.24, 2.45) is 0 Å². The van der Waals surface area contributed by atoms with Crippen molar-refractivity contribution in [1.29, 1.82) is 0 Å². The lowest BCUT2D eigenvalue weighted by molar-refractivity contribution is -0.123. The van der Waals surface area contributed by atoms with E-state index in [1.165, 1.54) is 12.1 Å². The van der Waals surface area contributed by atoms with Crippen LogP contribution in [0, 0.1) is 5.82 Å². The molecular weight excluding hydrogens is 333 g/mol. The van der Waals surface area contributed by atoms with Crippen LogP contribution in [0.15, 0.2) is 71.1 Å². The maximum atomic E-state index is 12.9. The van der Waals surface area contributed by atoms with Gasteiger partial charge < -0.3 is 14.5 Å². The zero-order chi connectivity index (χ0) is 17.9. The molecule has 130 valence electrons. The van der Waals surface area contributed by atoms with Crippen molar-refractivity contribution < 1.29 is 18.3 Å². The van der Waals surface area contributed by atoms with Crippen molar-refractivity contribution in [3.05, 3.63) is 78.1 Å². The second kappa shape index (κ2) is 6.88. The summed E-state index contributed by atoms with van der Waals surface area (Å²) in [6, 6.07) is 19.3. The Labute approximate surface area is 149 Å². The van der Waals surface area contributed by atoms with Crippen molar-refractivity contribution in [1.82, 2.24) is 5.32 Å². The van der Waals surface area contributed by atoms with Gasteiger partial charge in [0.05, 0.1) is 0 Å². The summed E-state index contributed by atoms with van der Waals surface area (Å²) < 4.78 is 24.2. The van der Waals surface area contributed by atoms with E-state index in [0.29, 0.717) is 12.3 Å². The quantitative estimate of drug-likeness (QED) is 0.580. The summed E-state index contributed by atoms with van der Waals surface area (Å²) in [5.41, 5.74) is 2.42. The van der Waals surface area contributed by atoms with Crippen LogP contribution in [0.2, 0.25) is 0 Å². The third kappa shape index (κ3) is 3.37. The molecule has 0 aliphatic carbocycles. The number of amides is 1. The van der Waals surface area contributed by atoms with E-state index in [4.69, 9.17) is 9.15 Å². The fraction of sp³-hybridized carbons (Fsp3) is 0.0952. The molecule has 26 heavy (non-hydrogen) atoms. The Morgan fingerprint density at radius 3 is 2.58 bits per heavy atom. The first-order valence-electron chi connectivity index (χ1n) is 8.24. The third-order valence-electron chi connectivity index (χ3n) is 4.12. The zero-order valence-electron chi connectivity index (χ0n) is 13.9. The van der Waals surface area contributed by atoms with Crippen molar-refractivity contribution in [3.8, 4) is 5.75 Å². The highest BCUT2D eigenvalue weighted by Gasteiger charge is 2.08. The van der Waals surface area contributed by atoms with Gasteiger partial charge in [-0.2, -0.15) is 0 Å². The predicted molar refractivity (Wildman–Crippen MR) is 97.5 cm³/mol. The van der Waals surface area contributed by atoms with Gasteiger partial charge in [-0.15, -0.1) is 0 Å². The Hall–Kier alpha value is -3.34. The molecule has 0 spiro atoms. The molecule has 5 heteroatoms. The first-order chi connectivity index (χ1) is 12.7. The number of benzene rings is 3. The molecule has 0 saturated carbocycles. The van der Waals surface area contributed by atoms with Crippen LogP contribution in [0.4, 0.5) is 4.39 Å². The van der Waals surface area contributed by atoms with E-state index < -0.39 is 0 Å². The molecule has 4 aromatic rings. The largest absolute Gasteiger partial charge is 0.484 e. The Morgan fingerprint density at radius 2 is 1.73 bits per heavy atom. The monoisotopic (exact) mass is 349 g/mol. The van der Waals surface area contributed by atoms with Crippen LogP contribution < -0.4 is 10.1 Å². The molecule has 0 aliphatic rings. The van der Waals surface area contributed by atoms with Gasteiger partial charge in [0.2, 0.25) is 0 Å². The van der Waals surface area contributed by atoms with Gasteiger partial charge in [-0.05, 0) is 42.0 Å². The van der Waals surface area contributed by atoms with Crippen LogP contribution in [0.5, 0.6) is 5.75 Å². The minimum Gasteiger partial charge on any atom is -0.484 e. The highest BCUT2D eigenvalue weighted by molar-refractivity contribution is 6.05. The summed E-state index contributed by atoms with van der Waals surface area (Å²) in [7, 11) is 0. The molecule has 0 saturated heterocycles. The SMILES string of the molecule is O=C(COc1ccc2oc3ccccc3c2c1)NCc1ccc(F)cc1. The maximum absolute atomic E-state index is 12.9. The normalized spacial score (nSPS) is 11.0. The average Bonchev–Trinajstić information content (AvgIpc) is 3.04. The molecule has 0 fully saturated rings. The lowest BCUT2D eigenvalue weighted by Crippen LogP contribution is -2.28. The number of carbonyl (C=O) groups excluding carboxylic acids is 1. The first-order valence-corrected chi connectivity index (χ1v) is 8.24. The van der Waals surface area contributed by atoms with E-state index in [2.05, 4.69) is 5.32 Å². The van der Waals surface area contributed by atoms with Gasteiger partial charge in [-0.1, -0.05) is 30.3 Å². The van der Waals surface area contributed by atoms with E-state index in [9.17, 15) is 9.18 Å². The van der Waals surface area contributed by atoms with E-state index >= 15 is 0 Å². The van der Waals surface area contributed by atoms with Crippen LogP contribution in [0.3, 0.4) is 0 Å². The standard InChI is InChI=1S/C21H16FNO3/c22-15-7-5-14(6-8-15)12-23-21(24)13-25-16-9-10-20-18(11-16)17-3-1-2-4-19(17)26-20/h1-11H,12-13H2,(H,23,24). The molecule has 0 unspecified atom stereocenters. The van der Waals surface area contributed by atoms with E-state index in [0.717, 1.165) is 27.5 Å². The molecule has 0 bridgehead atoms. The number of fused-ring (bicyclic) bond motifs is 3. The molecule has 4 nitrogen and oxygen atoms in total. The topological polar surface area (TPSA) is 51.5 Å². The molecule has 0 radical (unpaired) electrons. The van der Waals surface area contributed by atoms with Gasteiger partial charge >= 0.3 is 0 Å². The van der Waals surface area contributed by atoms with Crippen molar-refractivity contribution >= 4 is 27.8 Å². The number of furan rings is 1. The van der Waals surface area contributed by atoms with Gasteiger partial charge in [-0.3, -0.25) is 4.79 Å². The molecule has 1 amide bonds. The van der Waals surface area contributed by atoms with E-state index in [1.807, 2.05) is 36.4 Å². The lowest BCUT2D eigenvalue weighted by atomic mass is 10.1. The molecule has 1 heterocycles. The third-order valence-corrected chi connectivity index (χ3v) is 4.12. The number of halogens is 1. The minimum absolute atomic E-state index is 0.0948. The summed E-state index contributed by atoms with van der Waals surface area (Å²) in [5.74, 6) is 0.0537. The van der Waals surface area contributed by atoms with E-state index in [1.54, 1.807) is 18.2 Å². The number of rotatable bonds is 5. The second-order valence-electron chi connectivity index (χ2n) is 5.95. The fourth-order valence-electron chi connectivity index (χ4n) is 2.80. The zero-order valence-corrected chi connectivity index (χ0v) is 13.9. The molecule has 1 N–H and O–H groups in total. The fourth-order valence-corrected chi connectivity index (χ4v) is 2.80. The number of ether oxygens (including phenoxy) is 1. The first kappa shape index (κ1) is 16.1.